The Labute approximate surface area is 151 Å². The van der Waals surface area contributed by atoms with E-state index >= 15 is 0 Å². The van der Waals surface area contributed by atoms with Crippen molar-refractivity contribution in [1.29, 1.82) is 5.26 Å². The summed E-state index contributed by atoms with van der Waals surface area (Å²) in [6.45, 7) is 2.46. The number of nitriles is 1. The number of furan rings is 1. The lowest BCUT2D eigenvalue weighted by Crippen LogP contribution is -2.09. The molecule has 25 heavy (non-hydrogen) atoms. The highest BCUT2D eigenvalue weighted by Crippen LogP contribution is 2.24. The first-order valence-electron chi connectivity index (χ1n) is 7.84. The number of carbonyl (C=O) groups excluding carboxylic acids is 1. The number of nitrogens with zero attached hydrogens (tertiary/aromatic N) is 1. The molecule has 0 saturated heterocycles. The predicted octanol–water partition coefficient (Wildman–Crippen LogP) is 4.10. The van der Waals surface area contributed by atoms with Crippen LogP contribution < -0.4 is 5.73 Å². The molecular weight excluding hydrogens is 336 g/mol. The van der Waals surface area contributed by atoms with E-state index < -0.39 is 0 Å². The molecule has 0 saturated carbocycles. The minimum absolute atomic E-state index is 0.0198. The summed E-state index contributed by atoms with van der Waals surface area (Å²) in [5.74, 6) is 0.748. The molecule has 2 N–H and O–H groups in total. The van der Waals surface area contributed by atoms with E-state index in [2.05, 4.69) is 0 Å². The first-order valence-corrected chi connectivity index (χ1v) is 8.25. The second-order valence-corrected chi connectivity index (χ2v) is 5.74. The lowest BCUT2D eigenvalue weighted by molar-refractivity contribution is 0.0500. The van der Waals surface area contributed by atoms with Gasteiger partial charge >= 0.3 is 5.97 Å². The number of esters is 1. The van der Waals surface area contributed by atoms with E-state index in [1.807, 2.05) is 13.0 Å². The van der Waals surface area contributed by atoms with Crippen molar-refractivity contribution in [1.82, 2.24) is 0 Å². The lowest BCUT2D eigenvalue weighted by atomic mass is 10.1. The monoisotopic (exact) mass is 354 g/mol. The van der Waals surface area contributed by atoms with Gasteiger partial charge in [0, 0.05) is 11.6 Å². The van der Waals surface area contributed by atoms with Crippen LogP contribution in [0.1, 0.15) is 35.9 Å². The molecule has 0 aliphatic heterocycles. The maximum absolute atomic E-state index is 11.9. The molecule has 0 unspecified atom stereocenters. The van der Waals surface area contributed by atoms with Crippen LogP contribution in [0.15, 0.2) is 46.4 Å². The van der Waals surface area contributed by atoms with Gasteiger partial charge in [-0.15, -0.1) is 0 Å². The van der Waals surface area contributed by atoms with E-state index in [-0.39, 0.29) is 16.5 Å². The van der Waals surface area contributed by atoms with Crippen LogP contribution in [0.3, 0.4) is 0 Å². The summed E-state index contributed by atoms with van der Waals surface area (Å²) in [6, 6.07) is 12.4. The minimum Gasteiger partial charge on any atom is -0.462 e. The molecule has 128 valence electrons. The molecule has 1 aromatic carbocycles. The van der Waals surface area contributed by atoms with Gasteiger partial charge < -0.3 is 14.9 Å². The maximum Gasteiger partial charge on any atom is 0.338 e. The van der Waals surface area contributed by atoms with Gasteiger partial charge in [-0.2, -0.15) is 5.26 Å². The van der Waals surface area contributed by atoms with Gasteiger partial charge in [0.05, 0.1) is 17.7 Å². The van der Waals surface area contributed by atoms with Crippen LogP contribution in [0.2, 0.25) is 0 Å². The van der Waals surface area contributed by atoms with Crippen molar-refractivity contribution in [3.05, 3.63) is 53.3 Å². The van der Waals surface area contributed by atoms with Gasteiger partial charge in [-0.25, -0.2) is 4.79 Å². The Bertz CT molecular complexity index is 829. The van der Waals surface area contributed by atoms with Crippen LogP contribution in [0, 0.1) is 11.3 Å². The average Bonchev–Trinajstić information content (AvgIpc) is 3.08. The van der Waals surface area contributed by atoms with Crippen molar-refractivity contribution in [2.24, 2.45) is 5.73 Å². The Morgan fingerprint density at radius 3 is 2.64 bits per heavy atom. The summed E-state index contributed by atoms with van der Waals surface area (Å²) in [5.41, 5.74) is 6.93. The summed E-state index contributed by atoms with van der Waals surface area (Å²) in [7, 11) is 0. The van der Waals surface area contributed by atoms with E-state index in [9.17, 15) is 4.79 Å². The van der Waals surface area contributed by atoms with Gasteiger partial charge in [-0.1, -0.05) is 37.7 Å². The Morgan fingerprint density at radius 2 is 2.04 bits per heavy atom. The van der Waals surface area contributed by atoms with E-state index in [0.29, 0.717) is 23.7 Å². The predicted molar refractivity (Wildman–Crippen MR) is 99.7 cm³/mol. The second kappa shape index (κ2) is 8.81. The van der Waals surface area contributed by atoms with Crippen LogP contribution in [0.25, 0.3) is 17.4 Å². The molecule has 0 bridgehead atoms. The molecule has 2 aromatic rings. The van der Waals surface area contributed by atoms with E-state index in [4.69, 9.17) is 32.4 Å². The lowest BCUT2D eigenvalue weighted by Gasteiger charge is -2.04. The standard InChI is InChI=1S/C19H18N2O3S/c1-2-3-10-23-19(22)14-6-4-13(5-7-14)17-9-8-16(24-17)11-15(12-20)18(21)25/h4-9,11H,2-3,10H2,1H3,(H2,21,25). The van der Waals surface area contributed by atoms with Gasteiger partial charge in [0.1, 0.15) is 22.6 Å². The number of nitrogens with two attached hydrogens (primary N) is 1. The first kappa shape index (κ1) is 18.4. The van der Waals surface area contributed by atoms with Gasteiger partial charge in [0.2, 0.25) is 0 Å². The third kappa shape index (κ3) is 5.03. The first-order chi connectivity index (χ1) is 12.0. The van der Waals surface area contributed by atoms with E-state index in [0.717, 1.165) is 18.4 Å². The van der Waals surface area contributed by atoms with Crippen molar-refractivity contribution in [2.45, 2.75) is 19.8 Å². The highest BCUT2D eigenvalue weighted by atomic mass is 32.1. The largest absolute Gasteiger partial charge is 0.462 e. The Kier molecular flexibility index (Phi) is 6.49. The van der Waals surface area contributed by atoms with Crippen LogP contribution >= 0.6 is 12.2 Å². The Morgan fingerprint density at radius 1 is 1.32 bits per heavy atom. The fourth-order valence-electron chi connectivity index (χ4n) is 2.05. The van der Waals surface area contributed by atoms with Crippen molar-refractivity contribution >= 4 is 29.3 Å². The molecule has 2 rings (SSSR count). The summed E-state index contributed by atoms with van der Waals surface area (Å²) in [4.78, 5) is 11.9. The quantitative estimate of drug-likeness (QED) is 0.265. The molecule has 0 spiro atoms. The summed E-state index contributed by atoms with van der Waals surface area (Å²) >= 11 is 4.79. The highest BCUT2D eigenvalue weighted by Gasteiger charge is 2.09. The van der Waals surface area contributed by atoms with Crippen molar-refractivity contribution < 1.29 is 13.9 Å². The second-order valence-electron chi connectivity index (χ2n) is 5.30. The van der Waals surface area contributed by atoms with Crippen molar-refractivity contribution in [3.63, 3.8) is 0 Å². The van der Waals surface area contributed by atoms with Crippen LogP contribution in [0.4, 0.5) is 0 Å². The third-order valence-electron chi connectivity index (χ3n) is 3.44. The van der Waals surface area contributed by atoms with Gasteiger partial charge in [0.15, 0.2) is 0 Å². The summed E-state index contributed by atoms with van der Waals surface area (Å²) < 4.78 is 10.8. The molecule has 0 radical (unpaired) electrons. The SMILES string of the molecule is CCCCOC(=O)c1ccc(-c2ccc(C=C(C#N)C(N)=S)o2)cc1. The maximum atomic E-state index is 11.9. The molecular formula is C19H18N2O3S. The van der Waals surface area contributed by atoms with Gasteiger partial charge in [-0.3, -0.25) is 0 Å². The molecule has 1 aromatic heterocycles. The molecule has 0 atom stereocenters. The zero-order valence-electron chi connectivity index (χ0n) is 13.8. The van der Waals surface area contributed by atoms with E-state index in [1.54, 1.807) is 36.4 Å². The number of benzene rings is 1. The molecule has 5 nitrogen and oxygen atoms in total. The zero-order chi connectivity index (χ0) is 18.2. The average molecular weight is 354 g/mol. The van der Waals surface area contributed by atoms with Crippen LogP contribution in [-0.4, -0.2) is 17.6 Å². The Hall–Kier alpha value is -2.91. The molecule has 0 amide bonds. The van der Waals surface area contributed by atoms with Crippen LogP contribution in [-0.2, 0) is 4.74 Å². The number of rotatable bonds is 7. The topological polar surface area (TPSA) is 89.2 Å². The smallest absolute Gasteiger partial charge is 0.338 e. The molecule has 0 aliphatic rings. The number of unbranched alkanes of at least 4 members (excludes halogenated alkanes) is 1. The summed E-state index contributed by atoms with van der Waals surface area (Å²) in [5, 5.41) is 8.97. The number of carbonyl (C=O) groups is 1. The van der Waals surface area contributed by atoms with E-state index in [1.165, 1.54) is 6.08 Å². The molecule has 0 fully saturated rings. The highest BCUT2D eigenvalue weighted by molar-refractivity contribution is 7.80. The molecule has 6 heteroatoms. The number of hydrogen-bond acceptors (Lipinski definition) is 5. The van der Waals surface area contributed by atoms with Crippen molar-refractivity contribution in [2.75, 3.05) is 6.61 Å². The van der Waals surface area contributed by atoms with Gasteiger partial charge in [-0.05, 0) is 30.7 Å². The fourth-order valence-corrected chi connectivity index (χ4v) is 2.15. The van der Waals surface area contributed by atoms with Crippen LogP contribution in [0.5, 0.6) is 0 Å². The summed E-state index contributed by atoms with van der Waals surface area (Å²) in [6.07, 6.45) is 3.32. The fraction of sp³-hybridized carbons (Fsp3) is 0.211. The van der Waals surface area contributed by atoms with Crippen molar-refractivity contribution in [3.8, 4) is 17.4 Å². The minimum atomic E-state index is -0.335. The third-order valence-corrected chi connectivity index (χ3v) is 3.66. The number of thiocarbonyl (C=S) groups is 1. The molecule has 0 aliphatic carbocycles. The number of ether oxygens (including phenoxy) is 1. The zero-order valence-corrected chi connectivity index (χ0v) is 14.6. The normalized spacial score (nSPS) is 11.0. The van der Waals surface area contributed by atoms with Gasteiger partial charge in [0.25, 0.3) is 0 Å². The number of hydrogen-bond donors (Lipinski definition) is 1. The Balaban J connectivity index is 2.12. The molecule has 1 heterocycles.